The zero-order chi connectivity index (χ0) is 14.5. The Morgan fingerprint density at radius 3 is 2.58 bits per heavy atom. The molecule has 108 valence electrons. The van der Waals surface area contributed by atoms with Gasteiger partial charge in [0.25, 0.3) is 0 Å². The van der Waals surface area contributed by atoms with Gasteiger partial charge in [0.1, 0.15) is 0 Å². The van der Waals surface area contributed by atoms with E-state index in [0.717, 1.165) is 24.0 Å². The van der Waals surface area contributed by atoms with E-state index in [2.05, 4.69) is 0 Å². The van der Waals surface area contributed by atoms with E-state index in [-0.39, 0.29) is 17.6 Å². The van der Waals surface area contributed by atoms with E-state index in [1.807, 2.05) is 39.0 Å². The molecule has 1 N–H and O–H groups in total. The smallest absolute Gasteiger partial charge is 0.160 e. The number of aliphatic hydroxyl groups excluding tert-OH is 1. The predicted molar refractivity (Wildman–Crippen MR) is 79.8 cm³/mol. The molecule has 0 fully saturated rings. The van der Waals surface area contributed by atoms with Gasteiger partial charge >= 0.3 is 0 Å². The van der Waals surface area contributed by atoms with Gasteiger partial charge in [-0.05, 0) is 40.0 Å². The maximum Gasteiger partial charge on any atom is 0.160 e. The molecule has 0 aromatic heterocycles. The van der Waals surface area contributed by atoms with Crippen molar-refractivity contribution in [3.63, 3.8) is 0 Å². The molecule has 0 saturated heterocycles. The molecule has 1 aliphatic heterocycles. The van der Waals surface area contributed by atoms with Crippen LogP contribution in [0.1, 0.15) is 40.0 Å². The van der Waals surface area contributed by atoms with Crippen molar-refractivity contribution in [3.05, 3.63) is 34.9 Å². The lowest BCUT2D eigenvalue weighted by atomic mass is 10.1. The van der Waals surface area contributed by atoms with Crippen molar-refractivity contribution in [1.29, 1.82) is 0 Å². The molecule has 0 aromatic carbocycles. The first-order chi connectivity index (χ1) is 8.86. The Labute approximate surface area is 116 Å². The Bertz CT molecular complexity index is 495. The topological polar surface area (TPSA) is 54.4 Å². The maximum atomic E-state index is 11.8. The lowest BCUT2D eigenvalue weighted by molar-refractivity contribution is 0.331. The summed E-state index contributed by atoms with van der Waals surface area (Å²) in [6.07, 6.45) is 8.26. The van der Waals surface area contributed by atoms with Crippen LogP contribution in [-0.2, 0) is 9.84 Å². The second kappa shape index (κ2) is 7.06. The van der Waals surface area contributed by atoms with E-state index in [9.17, 15) is 8.42 Å². The molecule has 1 aliphatic rings. The molecule has 0 spiro atoms. The van der Waals surface area contributed by atoms with Crippen LogP contribution in [0.4, 0.5) is 0 Å². The van der Waals surface area contributed by atoms with Crippen LogP contribution in [0, 0.1) is 0 Å². The van der Waals surface area contributed by atoms with Gasteiger partial charge in [0.05, 0.1) is 17.6 Å². The highest BCUT2D eigenvalue weighted by Crippen LogP contribution is 2.24. The van der Waals surface area contributed by atoms with Crippen molar-refractivity contribution < 1.29 is 13.5 Å². The number of rotatable bonds is 6. The highest BCUT2D eigenvalue weighted by atomic mass is 32.2. The van der Waals surface area contributed by atoms with Gasteiger partial charge in [0, 0.05) is 0 Å². The van der Waals surface area contributed by atoms with Crippen LogP contribution < -0.4 is 0 Å². The molecule has 0 saturated carbocycles. The fourth-order valence-corrected chi connectivity index (χ4v) is 3.91. The molecule has 0 bridgehead atoms. The molecule has 3 nitrogen and oxygen atoms in total. The van der Waals surface area contributed by atoms with E-state index >= 15 is 0 Å². The minimum Gasteiger partial charge on any atom is -0.392 e. The third kappa shape index (κ3) is 4.96. The summed E-state index contributed by atoms with van der Waals surface area (Å²) in [5.41, 5.74) is 3.15. The second-order valence-corrected chi connectivity index (χ2v) is 7.53. The van der Waals surface area contributed by atoms with E-state index < -0.39 is 9.84 Å². The van der Waals surface area contributed by atoms with Crippen LogP contribution in [0.15, 0.2) is 34.9 Å². The molecule has 1 heterocycles. The molecule has 1 atom stereocenters. The molecule has 0 aliphatic carbocycles. The second-order valence-electron chi connectivity index (χ2n) is 5.30. The lowest BCUT2D eigenvalue weighted by Gasteiger charge is -2.10. The highest BCUT2D eigenvalue weighted by Gasteiger charge is 2.30. The van der Waals surface area contributed by atoms with Crippen LogP contribution in [0.2, 0.25) is 0 Å². The predicted octanol–water partition coefficient (Wildman–Crippen LogP) is 2.78. The van der Waals surface area contributed by atoms with Crippen LogP contribution in [-0.4, -0.2) is 31.1 Å². The SMILES string of the molecule is CC1=CCS(=O)(=O)C1C/C=C(\C)CC/C=C(\C)CO. The van der Waals surface area contributed by atoms with Gasteiger partial charge < -0.3 is 5.11 Å². The van der Waals surface area contributed by atoms with Crippen molar-refractivity contribution in [2.24, 2.45) is 0 Å². The van der Waals surface area contributed by atoms with E-state index in [1.165, 1.54) is 5.57 Å². The lowest BCUT2D eigenvalue weighted by Crippen LogP contribution is -2.18. The maximum absolute atomic E-state index is 11.8. The highest BCUT2D eigenvalue weighted by molar-refractivity contribution is 7.92. The monoisotopic (exact) mass is 284 g/mol. The third-order valence-corrected chi connectivity index (χ3v) is 5.60. The number of allylic oxidation sites excluding steroid dienone is 3. The van der Waals surface area contributed by atoms with Gasteiger partial charge in [-0.25, -0.2) is 8.42 Å². The molecule has 0 amide bonds. The normalized spacial score (nSPS) is 23.6. The average Bonchev–Trinajstić information content (AvgIpc) is 2.61. The summed E-state index contributed by atoms with van der Waals surface area (Å²) in [7, 11) is -2.95. The zero-order valence-electron chi connectivity index (χ0n) is 12.0. The van der Waals surface area contributed by atoms with E-state index in [4.69, 9.17) is 5.11 Å². The standard InChI is InChI=1S/C15H24O3S/c1-12(5-4-6-13(2)11-16)7-8-15-14(3)9-10-19(15,17)18/h6-7,9,15-16H,4-5,8,10-11H2,1-3H3/b12-7+,13-6+. The van der Waals surface area contributed by atoms with Gasteiger partial charge in [-0.2, -0.15) is 0 Å². The largest absolute Gasteiger partial charge is 0.392 e. The molecule has 0 radical (unpaired) electrons. The van der Waals surface area contributed by atoms with Crippen LogP contribution in [0.25, 0.3) is 0 Å². The first-order valence-electron chi connectivity index (χ1n) is 6.67. The average molecular weight is 284 g/mol. The van der Waals surface area contributed by atoms with Crippen LogP contribution >= 0.6 is 0 Å². The molecule has 19 heavy (non-hydrogen) atoms. The van der Waals surface area contributed by atoms with Gasteiger partial charge in [-0.3, -0.25) is 0 Å². The Morgan fingerprint density at radius 1 is 1.37 bits per heavy atom. The van der Waals surface area contributed by atoms with Crippen molar-refractivity contribution in [2.75, 3.05) is 12.4 Å². The van der Waals surface area contributed by atoms with Crippen LogP contribution in [0.3, 0.4) is 0 Å². The van der Waals surface area contributed by atoms with Gasteiger partial charge in [-0.1, -0.05) is 34.9 Å². The number of hydrogen-bond acceptors (Lipinski definition) is 3. The number of hydrogen-bond donors (Lipinski definition) is 1. The minimum atomic E-state index is -2.95. The van der Waals surface area contributed by atoms with Gasteiger partial charge in [-0.15, -0.1) is 0 Å². The minimum absolute atomic E-state index is 0.104. The quantitative estimate of drug-likeness (QED) is 0.763. The van der Waals surface area contributed by atoms with E-state index in [1.54, 1.807) is 0 Å². The van der Waals surface area contributed by atoms with Gasteiger partial charge in [0.2, 0.25) is 0 Å². The van der Waals surface area contributed by atoms with Crippen molar-refractivity contribution in [1.82, 2.24) is 0 Å². The molecule has 4 heteroatoms. The summed E-state index contributed by atoms with van der Waals surface area (Å²) in [5.74, 6) is 0.189. The number of aliphatic hydroxyl groups is 1. The van der Waals surface area contributed by atoms with Crippen molar-refractivity contribution in [3.8, 4) is 0 Å². The summed E-state index contributed by atoms with van der Waals surface area (Å²) < 4.78 is 23.6. The molecular formula is C15H24O3S. The summed E-state index contributed by atoms with van der Waals surface area (Å²) in [6, 6.07) is 0. The Morgan fingerprint density at radius 2 is 2.05 bits per heavy atom. The Hall–Kier alpha value is -0.870. The summed E-state index contributed by atoms with van der Waals surface area (Å²) in [6.45, 7) is 5.93. The van der Waals surface area contributed by atoms with Crippen LogP contribution in [0.5, 0.6) is 0 Å². The Kier molecular flexibility index (Phi) is 6.01. The third-order valence-electron chi connectivity index (χ3n) is 3.54. The Balaban J connectivity index is 2.50. The first-order valence-corrected chi connectivity index (χ1v) is 8.38. The molecule has 0 aromatic rings. The molecular weight excluding hydrogens is 260 g/mol. The first kappa shape index (κ1) is 16.2. The zero-order valence-corrected chi connectivity index (χ0v) is 12.8. The van der Waals surface area contributed by atoms with Gasteiger partial charge in [0.15, 0.2) is 9.84 Å². The van der Waals surface area contributed by atoms with Crippen molar-refractivity contribution >= 4 is 9.84 Å². The molecule has 1 unspecified atom stereocenters. The molecule has 1 rings (SSSR count). The fraction of sp³-hybridized carbons (Fsp3) is 0.600. The fourth-order valence-electron chi connectivity index (χ4n) is 2.13. The summed E-state index contributed by atoms with van der Waals surface area (Å²) in [5, 5.41) is 8.56. The van der Waals surface area contributed by atoms with Crippen molar-refractivity contribution in [2.45, 2.75) is 45.3 Å². The summed E-state index contributed by atoms with van der Waals surface area (Å²) >= 11 is 0. The van der Waals surface area contributed by atoms with E-state index in [0.29, 0.717) is 6.42 Å². The number of sulfone groups is 1. The summed E-state index contributed by atoms with van der Waals surface area (Å²) in [4.78, 5) is 0.